The van der Waals surface area contributed by atoms with Crippen LogP contribution in [0.1, 0.15) is 29.4 Å². The Labute approximate surface area is 196 Å². The van der Waals surface area contributed by atoms with E-state index in [1.807, 2.05) is 66.9 Å². The molecule has 0 saturated carbocycles. The molecule has 0 N–H and O–H groups in total. The second-order valence-corrected chi connectivity index (χ2v) is 8.02. The lowest BCUT2D eigenvalue weighted by Crippen LogP contribution is -2.07. The number of nitrogens with zero attached hydrogens (tertiary/aromatic N) is 3. The third kappa shape index (κ3) is 4.43. The summed E-state index contributed by atoms with van der Waals surface area (Å²) in [6.07, 6.45) is 2.54. The number of hydrogen-bond acceptors (Lipinski definition) is 4. The van der Waals surface area contributed by atoms with E-state index in [0.717, 1.165) is 22.5 Å². The lowest BCUT2D eigenvalue weighted by atomic mass is 10.1. The quantitative estimate of drug-likeness (QED) is 0.314. The van der Waals surface area contributed by atoms with Crippen LogP contribution in [0.5, 0.6) is 5.88 Å². The Bertz CT molecular complexity index is 1460. The predicted octanol–water partition coefficient (Wildman–Crippen LogP) is 5.64. The van der Waals surface area contributed by atoms with Crippen molar-refractivity contribution >= 4 is 11.6 Å². The van der Waals surface area contributed by atoms with Crippen LogP contribution >= 0.6 is 0 Å². The third-order valence-corrected chi connectivity index (χ3v) is 5.54. The first-order valence-electron chi connectivity index (χ1n) is 11.0. The normalized spacial score (nSPS) is 11.0. The van der Waals surface area contributed by atoms with Gasteiger partial charge < -0.3 is 4.74 Å². The van der Waals surface area contributed by atoms with Gasteiger partial charge in [-0.1, -0.05) is 78.9 Å². The lowest BCUT2D eigenvalue weighted by molar-refractivity contribution is -0.132. The molecular weight excluding hydrogens is 429 g/mol. The van der Waals surface area contributed by atoms with Crippen LogP contribution in [0.15, 0.2) is 91.1 Å². The second kappa shape index (κ2) is 9.27. The summed E-state index contributed by atoms with van der Waals surface area (Å²) >= 11 is 0. The van der Waals surface area contributed by atoms with Gasteiger partial charge >= 0.3 is 5.97 Å². The van der Waals surface area contributed by atoms with Crippen LogP contribution in [0.3, 0.4) is 0 Å². The average Bonchev–Trinajstić information content (AvgIpc) is 3.18. The zero-order chi connectivity index (χ0) is 23.5. The van der Waals surface area contributed by atoms with Gasteiger partial charge in [0.15, 0.2) is 5.65 Å². The van der Waals surface area contributed by atoms with Crippen LogP contribution in [0.4, 0.5) is 4.39 Å². The SMILES string of the molecule is CC(=O)Oc1c(Cc2ccccc2F)nc2c(Cc3ccccc3)nc(-c3ccccc3)cn12. The molecule has 0 amide bonds. The summed E-state index contributed by atoms with van der Waals surface area (Å²) in [5, 5.41) is 0. The molecule has 0 radical (unpaired) electrons. The van der Waals surface area contributed by atoms with E-state index in [4.69, 9.17) is 14.7 Å². The van der Waals surface area contributed by atoms with Crippen molar-refractivity contribution in [2.24, 2.45) is 0 Å². The van der Waals surface area contributed by atoms with Crippen molar-refractivity contribution in [1.82, 2.24) is 14.4 Å². The first-order valence-corrected chi connectivity index (χ1v) is 11.0. The van der Waals surface area contributed by atoms with Gasteiger partial charge in [-0.25, -0.2) is 14.4 Å². The van der Waals surface area contributed by atoms with Crippen molar-refractivity contribution in [3.05, 3.63) is 119 Å². The number of aromatic nitrogens is 3. The summed E-state index contributed by atoms with van der Waals surface area (Å²) in [5.41, 5.74) is 4.99. The van der Waals surface area contributed by atoms with Crippen LogP contribution in [0.25, 0.3) is 16.9 Å². The van der Waals surface area contributed by atoms with E-state index < -0.39 is 5.97 Å². The van der Waals surface area contributed by atoms with Crippen molar-refractivity contribution in [3.8, 4) is 17.1 Å². The monoisotopic (exact) mass is 451 g/mol. The van der Waals surface area contributed by atoms with Gasteiger partial charge in [0, 0.05) is 31.5 Å². The number of hydrogen-bond donors (Lipinski definition) is 0. The number of imidazole rings is 1. The lowest BCUT2D eigenvalue weighted by Gasteiger charge is -2.10. The molecule has 34 heavy (non-hydrogen) atoms. The standard InChI is InChI=1S/C28H22FN3O2/c1-19(33)34-28-25(17-22-14-8-9-15-23(22)29)31-27-24(16-20-10-4-2-5-11-20)30-26(18-32(27)28)21-12-6-3-7-13-21/h2-15,18H,16-17H2,1H3. The predicted molar refractivity (Wildman–Crippen MR) is 128 cm³/mol. The van der Waals surface area contributed by atoms with Gasteiger partial charge in [0.1, 0.15) is 11.5 Å². The van der Waals surface area contributed by atoms with E-state index in [0.29, 0.717) is 23.3 Å². The van der Waals surface area contributed by atoms with Crippen LogP contribution in [-0.2, 0) is 17.6 Å². The van der Waals surface area contributed by atoms with E-state index in [1.54, 1.807) is 22.6 Å². The molecule has 5 aromatic rings. The molecule has 5 nitrogen and oxygen atoms in total. The number of carbonyl (C=O) groups excluding carboxylic acids is 1. The largest absolute Gasteiger partial charge is 0.407 e. The molecular formula is C28H22FN3O2. The van der Waals surface area contributed by atoms with Crippen molar-refractivity contribution in [2.75, 3.05) is 0 Å². The van der Waals surface area contributed by atoms with E-state index in [2.05, 4.69) is 0 Å². The van der Waals surface area contributed by atoms with Crippen molar-refractivity contribution in [3.63, 3.8) is 0 Å². The Hall–Kier alpha value is -4.32. The molecule has 168 valence electrons. The number of rotatable bonds is 6. The average molecular weight is 452 g/mol. The molecule has 2 heterocycles. The Morgan fingerprint density at radius 2 is 1.53 bits per heavy atom. The van der Waals surface area contributed by atoms with Gasteiger partial charge in [-0.2, -0.15) is 0 Å². The summed E-state index contributed by atoms with van der Waals surface area (Å²) in [6, 6.07) is 26.3. The summed E-state index contributed by atoms with van der Waals surface area (Å²) < 4.78 is 21.8. The summed E-state index contributed by atoms with van der Waals surface area (Å²) in [4.78, 5) is 21.7. The molecule has 2 aromatic heterocycles. The Balaban J connectivity index is 1.72. The highest BCUT2D eigenvalue weighted by molar-refractivity contribution is 5.71. The van der Waals surface area contributed by atoms with Gasteiger partial charge in [0.25, 0.3) is 0 Å². The maximum Gasteiger partial charge on any atom is 0.309 e. The molecule has 5 rings (SSSR count). The van der Waals surface area contributed by atoms with Crippen LogP contribution in [0, 0.1) is 5.82 Å². The van der Waals surface area contributed by atoms with Gasteiger partial charge in [0.05, 0.1) is 11.4 Å². The fourth-order valence-electron chi connectivity index (χ4n) is 3.97. The number of fused-ring (bicyclic) bond motifs is 1. The second-order valence-electron chi connectivity index (χ2n) is 8.02. The highest BCUT2D eigenvalue weighted by Gasteiger charge is 2.21. The highest BCUT2D eigenvalue weighted by atomic mass is 19.1. The summed E-state index contributed by atoms with van der Waals surface area (Å²) in [7, 11) is 0. The number of carbonyl (C=O) groups is 1. The van der Waals surface area contributed by atoms with Gasteiger partial charge in [0.2, 0.25) is 5.88 Å². The Morgan fingerprint density at radius 1 is 0.853 bits per heavy atom. The van der Waals surface area contributed by atoms with E-state index >= 15 is 0 Å². The minimum atomic E-state index is -0.473. The number of ether oxygens (including phenoxy) is 1. The molecule has 0 saturated heterocycles. The third-order valence-electron chi connectivity index (χ3n) is 5.54. The van der Waals surface area contributed by atoms with Gasteiger partial charge in [-0.05, 0) is 17.2 Å². The molecule has 0 fully saturated rings. The molecule has 0 aliphatic carbocycles. The van der Waals surface area contributed by atoms with Gasteiger partial charge in [-0.3, -0.25) is 9.20 Å². The zero-order valence-electron chi connectivity index (χ0n) is 18.6. The Morgan fingerprint density at radius 3 is 2.24 bits per heavy atom. The fourth-order valence-corrected chi connectivity index (χ4v) is 3.97. The number of benzene rings is 3. The van der Waals surface area contributed by atoms with E-state index in [9.17, 15) is 9.18 Å². The fraction of sp³-hybridized carbons (Fsp3) is 0.107. The van der Waals surface area contributed by atoms with Crippen molar-refractivity contribution in [2.45, 2.75) is 19.8 Å². The van der Waals surface area contributed by atoms with Crippen molar-refractivity contribution < 1.29 is 13.9 Å². The van der Waals surface area contributed by atoms with E-state index in [1.165, 1.54) is 13.0 Å². The molecule has 6 heteroatoms. The topological polar surface area (TPSA) is 56.5 Å². The minimum absolute atomic E-state index is 0.183. The molecule has 3 aromatic carbocycles. The molecule has 0 atom stereocenters. The molecule has 0 aliphatic heterocycles. The molecule has 0 bridgehead atoms. The van der Waals surface area contributed by atoms with Crippen LogP contribution in [0.2, 0.25) is 0 Å². The Kier molecular flexibility index (Phi) is 5.87. The summed E-state index contributed by atoms with van der Waals surface area (Å²) in [6.45, 7) is 1.34. The minimum Gasteiger partial charge on any atom is -0.407 e. The summed E-state index contributed by atoms with van der Waals surface area (Å²) in [5.74, 6) is -0.528. The smallest absolute Gasteiger partial charge is 0.309 e. The first kappa shape index (κ1) is 21.5. The molecule has 0 spiro atoms. The molecule has 0 unspecified atom stereocenters. The zero-order valence-corrected chi connectivity index (χ0v) is 18.6. The highest BCUT2D eigenvalue weighted by Crippen LogP contribution is 2.29. The van der Waals surface area contributed by atoms with Crippen LogP contribution < -0.4 is 4.74 Å². The van der Waals surface area contributed by atoms with Gasteiger partial charge in [-0.15, -0.1) is 0 Å². The number of esters is 1. The first-order chi connectivity index (χ1) is 16.6. The number of halogens is 1. The molecule has 0 aliphatic rings. The maximum absolute atomic E-state index is 14.4. The van der Waals surface area contributed by atoms with Crippen molar-refractivity contribution in [1.29, 1.82) is 0 Å². The van der Waals surface area contributed by atoms with E-state index in [-0.39, 0.29) is 18.1 Å². The maximum atomic E-state index is 14.4. The van der Waals surface area contributed by atoms with Crippen LogP contribution in [-0.4, -0.2) is 20.3 Å².